The average molecular weight is 427 g/mol. The Hall–Kier alpha value is -3.00. The van der Waals surface area contributed by atoms with Crippen LogP contribution in [0.4, 0.5) is 5.69 Å². The third-order valence-electron chi connectivity index (χ3n) is 4.94. The fourth-order valence-corrected chi connectivity index (χ4v) is 3.90. The Kier molecular flexibility index (Phi) is 6.66. The van der Waals surface area contributed by atoms with E-state index in [4.69, 9.17) is 4.74 Å². The van der Waals surface area contributed by atoms with Gasteiger partial charge in [-0.25, -0.2) is 4.98 Å². The number of esters is 1. The lowest BCUT2D eigenvalue weighted by Gasteiger charge is -2.08. The van der Waals surface area contributed by atoms with Gasteiger partial charge < -0.3 is 10.1 Å². The van der Waals surface area contributed by atoms with Crippen molar-refractivity contribution in [2.45, 2.75) is 47.1 Å². The molecule has 0 bridgehead atoms. The Morgan fingerprint density at radius 3 is 2.63 bits per heavy atom. The molecule has 0 aliphatic heterocycles. The Bertz CT molecular complexity index is 1080. The van der Waals surface area contributed by atoms with Gasteiger partial charge in [-0.3, -0.25) is 14.3 Å². The van der Waals surface area contributed by atoms with Crippen molar-refractivity contribution in [1.82, 2.24) is 14.8 Å². The van der Waals surface area contributed by atoms with E-state index in [1.54, 1.807) is 4.68 Å². The molecular weight excluding hydrogens is 400 g/mol. The second-order valence-electron chi connectivity index (χ2n) is 7.39. The van der Waals surface area contributed by atoms with Crippen molar-refractivity contribution in [3.63, 3.8) is 0 Å². The molecule has 3 aromatic rings. The molecular formula is C22H26N4O3S. The van der Waals surface area contributed by atoms with E-state index in [0.717, 1.165) is 33.8 Å². The molecule has 0 unspecified atom stereocenters. The summed E-state index contributed by atoms with van der Waals surface area (Å²) in [6.07, 6.45) is 0.362. The summed E-state index contributed by atoms with van der Waals surface area (Å²) in [6.45, 7) is 7.84. The smallest absolute Gasteiger partial charge is 0.310 e. The van der Waals surface area contributed by atoms with Crippen LogP contribution in [-0.4, -0.2) is 26.6 Å². The summed E-state index contributed by atoms with van der Waals surface area (Å²) >= 11 is 1.38. The maximum atomic E-state index is 12.4. The molecule has 158 valence electrons. The Morgan fingerprint density at radius 1 is 1.17 bits per heavy atom. The first-order valence-electron chi connectivity index (χ1n) is 9.68. The summed E-state index contributed by atoms with van der Waals surface area (Å²) in [4.78, 5) is 29.0. The first-order valence-corrected chi connectivity index (χ1v) is 10.6. The summed E-state index contributed by atoms with van der Waals surface area (Å²) < 4.78 is 7.12. The van der Waals surface area contributed by atoms with E-state index in [-0.39, 0.29) is 31.3 Å². The quantitative estimate of drug-likeness (QED) is 0.584. The largest absolute Gasteiger partial charge is 0.459 e. The Labute approximate surface area is 180 Å². The number of hydrogen-bond acceptors (Lipinski definition) is 6. The molecule has 0 spiro atoms. The Balaban J connectivity index is 1.51. The van der Waals surface area contributed by atoms with Gasteiger partial charge in [0.05, 0.1) is 24.2 Å². The van der Waals surface area contributed by atoms with E-state index < -0.39 is 0 Å². The summed E-state index contributed by atoms with van der Waals surface area (Å²) in [6, 6.07) is 5.94. The lowest BCUT2D eigenvalue weighted by molar-refractivity contribution is -0.144. The third kappa shape index (κ3) is 5.33. The number of ether oxygens (including phenoxy) is 1. The number of amides is 1. The summed E-state index contributed by atoms with van der Waals surface area (Å²) in [5.41, 5.74) is 6.23. The van der Waals surface area contributed by atoms with Gasteiger partial charge in [0.25, 0.3) is 0 Å². The van der Waals surface area contributed by atoms with Gasteiger partial charge in [-0.15, -0.1) is 11.3 Å². The van der Waals surface area contributed by atoms with Crippen molar-refractivity contribution in [1.29, 1.82) is 0 Å². The van der Waals surface area contributed by atoms with E-state index in [1.807, 2.05) is 58.3 Å². The standard InChI is InChI=1S/C22H26N4O3S/c1-13-6-7-14(2)19(8-13)24-20(27)10-21-23-17(12-30-21)11-29-22(28)9-18-15(3)25-26(5)16(18)4/h6-8,12H,9-11H2,1-5H3,(H,24,27). The van der Waals surface area contributed by atoms with Gasteiger partial charge in [-0.05, 0) is 44.9 Å². The van der Waals surface area contributed by atoms with E-state index in [2.05, 4.69) is 15.4 Å². The fourth-order valence-electron chi connectivity index (χ4n) is 3.12. The highest BCUT2D eigenvalue weighted by atomic mass is 32.1. The maximum Gasteiger partial charge on any atom is 0.310 e. The molecule has 7 nitrogen and oxygen atoms in total. The fraction of sp³-hybridized carbons (Fsp3) is 0.364. The van der Waals surface area contributed by atoms with Gasteiger partial charge in [0.15, 0.2) is 0 Å². The highest BCUT2D eigenvalue weighted by molar-refractivity contribution is 7.09. The molecule has 2 heterocycles. The molecule has 0 fully saturated rings. The summed E-state index contributed by atoms with van der Waals surface area (Å²) in [5.74, 6) is -0.444. The number of aryl methyl sites for hydroxylation is 4. The zero-order valence-electron chi connectivity index (χ0n) is 17.9. The number of rotatable bonds is 7. The van der Waals surface area contributed by atoms with Gasteiger partial charge in [0.1, 0.15) is 11.6 Å². The van der Waals surface area contributed by atoms with Crippen molar-refractivity contribution < 1.29 is 14.3 Å². The van der Waals surface area contributed by atoms with Crippen LogP contribution in [0.2, 0.25) is 0 Å². The average Bonchev–Trinajstić information content (AvgIpc) is 3.22. The molecule has 0 radical (unpaired) electrons. The van der Waals surface area contributed by atoms with Crippen LogP contribution in [0.15, 0.2) is 23.6 Å². The number of aromatic nitrogens is 3. The molecule has 0 aliphatic carbocycles. The molecule has 8 heteroatoms. The normalized spacial score (nSPS) is 10.8. The van der Waals surface area contributed by atoms with Crippen LogP contribution in [0.1, 0.15) is 38.8 Å². The molecule has 1 N–H and O–H groups in total. The number of carbonyl (C=O) groups is 2. The minimum atomic E-state index is -0.323. The number of hydrogen-bond donors (Lipinski definition) is 1. The number of thiazole rings is 1. The second-order valence-corrected chi connectivity index (χ2v) is 8.33. The van der Waals surface area contributed by atoms with Crippen LogP contribution in [0.5, 0.6) is 0 Å². The molecule has 2 aromatic heterocycles. The monoisotopic (exact) mass is 426 g/mol. The van der Waals surface area contributed by atoms with Crippen molar-refractivity contribution in [3.05, 3.63) is 62.4 Å². The molecule has 30 heavy (non-hydrogen) atoms. The number of anilines is 1. The lowest BCUT2D eigenvalue weighted by atomic mass is 10.1. The first kappa shape index (κ1) is 21.7. The minimum absolute atomic E-state index is 0.0896. The van der Waals surface area contributed by atoms with Gasteiger partial charge in [0.2, 0.25) is 5.91 Å². The van der Waals surface area contributed by atoms with Crippen molar-refractivity contribution >= 4 is 28.9 Å². The van der Waals surface area contributed by atoms with Gasteiger partial charge in [-0.2, -0.15) is 5.10 Å². The van der Waals surface area contributed by atoms with E-state index in [0.29, 0.717) is 10.7 Å². The van der Waals surface area contributed by atoms with Crippen LogP contribution in [0.3, 0.4) is 0 Å². The number of nitrogens with one attached hydrogen (secondary N) is 1. The van der Waals surface area contributed by atoms with Crippen LogP contribution in [0, 0.1) is 27.7 Å². The predicted octanol–water partition coefficient (Wildman–Crippen LogP) is 3.58. The zero-order chi connectivity index (χ0) is 21.8. The van der Waals surface area contributed by atoms with Crippen LogP contribution in [-0.2, 0) is 40.8 Å². The highest BCUT2D eigenvalue weighted by Gasteiger charge is 2.15. The van der Waals surface area contributed by atoms with Crippen LogP contribution in [0.25, 0.3) is 0 Å². The van der Waals surface area contributed by atoms with Gasteiger partial charge in [0, 0.05) is 29.4 Å². The molecule has 0 aliphatic rings. The molecule has 1 amide bonds. The van der Waals surface area contributed by atoms with Crippen molar-refractivity contribution in [2.75, 3.05) is 5.32 Å². The van der Waals surface area contributed by atoms with Crippen LogP contribution < -0.4 is 5.32 Å². The first-order chi connectivity index (χ1) is 14.2. The highest BCUT2D eigenvalue weighted by Crippen LogP contribution is 2.18. The number of benzene rings is 1. The van der Waals surface area contributed by atoms with E-state index >= 15 is 0 Å². The summed E-state index contributed by atoms with van der Waals surface area (Å²) in [5, 5.41) is 9.74. The second kappa shape index (κ2) is 9.21. The number of carbonyl (C=O) groups excluding carboxylic acids is 2. The van der Waals surface area contributed by atoms with Gasteiger partial charge >= 0.3 is 5.97 Å². The van der Waals surface area contributed by atoms with E-state index in [1.165, 1.54) is 11.3 Å². The molecule has 1 aromatic carbocycles. The molecule has 0 saturated carbocycles. The zero-order valence-corrected chi connectivity index (χ0v) is 18.7. The van der Waals surface area contributed by atoms with Crippen molar-refractivity contribution in [2.24, 2.45) is 7.05 Å². The van der Waals surface area contributed by atoms with Gasteiger partial charge in [-0.1, -0.05) is 12.1 Å². The molecule has 0 saturated heterocycles. The van der Waals surface area contributed by atoms with E-state index in [9.17, 15) is 9.59 Å². The number of nitrogens with zero attached hydrogens (tertiary/aromatic N) is 3. The predicted molar refractivity (Wildman–Crippen MR) is 117 cm³/mol. The molecule has 0 atom stereocenters. The maximum absolute atomic E-state index is 12.4. The Morgan fingerprint density at radius 2 is 1.93 bits per heavy atom. The third-order valence-corrected chi connectivity index (χ3v) is 5.84. The lowest BCUT2D eigenvalue weighted by Crippen LogP contribution is -2.15. The molecule has 3 rings (SSSR count). The SMILES string of the molecule is Cc1ccc(C)c(NC(=O)Cc2nc(COC(=O)Cc3c(C)nn(C)c3C)cs2)c1. The minimum Gasteiger partial charge on any atom is -0.459 e. The van der Waals surface area contributed by atoms with Crippen LogP contribution >= 0.6 is 11.3 Å². The summed E-state index contributed by atoms with van der Waals surface area (Å²) in [7, 11) is 1.85. The topological polar surface area (TPSA) is 86.1 Å². The van der Waals surface area contributed by atoms with Crippen molar-refractivity contribution in [3.8, 4) is 0 Å².